The lowest BCUT2D eigenvalue weighted by Gasteiger charge is -2.15. The van der Waals surface area contributed by atoms with Crippen LogP contribution in [0.2, 0.25) is 0 Å². The Hall–Kier alpha value is -1.43. The van der Waals surface area contributed by atoms with E-state index in [4.69, 9.17) is 5.11 Å². The highest BCUT2D eigenvalue weighted by Gasteiger charge is 2.30. The summed E-state index contributed by atoms with van der Waals surface area (Å²) >= 11 is 1.54. The number of hydrogen-bond donors (Lipinski definition) is 1. The normalized spacial score (nSPS) is 19.5. The van der Waals surface area contributed by atoms with Crippen molar-refractivity contribution in [2.24, 2.45) is 5.92 Å². The molecule has 6 heteroatoms. The average Bonchev–Trinajstić information content (AvgIpc) is 2.96. The maximum atomic E-state index is 11.8. The zero-order valence-corrected chi connectivity index (χ0v) is 10.2. The molecular formula is C11H14N2O3S. The third-order valence-electron chi connectivity index (χ3n) is 2.93. The topological polar surface area (TPSA) is 70.5 Å². The van der Waals surface area contributed by atoms with Crippen molar-refractivity contribution in [2.75, 3.05) is 13.1 Å². The van der Waals surface area contributed by atoms with E-state index in [1.165, 1.54) is 11.3 Å². The van der Waals surface area contributed by atoms with Crippen LogP contribution >= 0.6 is 11.3 Å². The summed E-state index contributed by atoms with van der Waals surface area (Å²) < 4.78 is 0. The van der Waals surface area contributed by atoms with Crippen molar-refractivity contribution in [3.63, 3.8) is 0 Å². The molecule has 1 atom stereocenters. The summed E-state index contributed by atoms with van der Waals surface area (Å²) in [5.41, 5.74) is 0. The summed E-state index contributed by atoms with van der Waals surface area (Å²) in [6, 6.07) is 0. The second-order valence-electron chi connectivity index (χ2n) is 4.09. The van der Waals surface area contributed by atoms with Gasteiger partial charge in [-0.25, -0.2) is 4.98 Å². The minimum atomic E-state index is -0.805. The lowest BCUT2D eigenvalue weighted by molar-refractivity contribution is -0.141. The molecule has 92 valence electrons. The van der Waals surface area contributed by atoms with Gasteiger partial charge in [0.2, 0.25) is 5.91 Å². The first-order valence-electron chi connectivity index (χ1n) is 5.56. The summed E-state index contributed by atoms with van der Waals surface area (Å²) in [5.74, 6) is -1.16. The zero-order valence-electron chi connectivity index (χ0n) is 9.33. The van der Waals surface area contributed by atoms with Gasteiger partial charge in [0, 0.05) is 37.5 Å². The first-order valence-corrected chi connectivity index (χ1v) is 6.43. The third kappa shape index (κ3) is 3.03. The quantitative estimate of drug-likeness (QED) is 0.870. The summed E-state index contributed by atoms with van der Waals surface area (Å²) in [7, 11) is 0. The molecule has 5 nitrogen and oxygen atoms in total. The van der Waals surface area contributed by atoms with E-state index in [2.05, 4.69) is 4.98 Å². The highest BCUT2D eigenvalue weighted by Crippen LogP contribution is 2.18. The Bertz CT molecular complexity index is 405. The fourth-order valence-electron chi connectivity index (χ4n) is 1.94. The van der Waals surface area contributed by atoms with Gasteiger partial charge in [-0.3, -0.25) is 9.59 Å². The number of aliphatic carboxylic acids is 1. The molecule has 1 N–H and O–H groups in total. The Morgan fingerprint density at radius 1 is 1.59 bits per heavy atom. The summed E-state index contributed by atoms with van der Waals surface area (Å²) in [5, 5.41) is 11.7. The molecule has 1 aliphatic heterocycles. The number of nitrogens with zero attached hydrogens (tertiary/aromatic N) is 2. The minimum absolute atomic E-state index is 0.0314. The Balaban J connectivity index is 1.79. The first kappa shape index (κ1) is 12.0. The van der Waals surface area contributed by atoms with E-state index >= 15 is 0 Å². The molecule has 2 heterocycles. The fraction of sp³-hybridized carbons (Fsp3) is 0.545. The molecule has 0 aliphatic carbocycles. The molecule has 1 aromatic rings. The number of carboxylic acid groups (broad SMARTS) is 1. The number of likely N-dealkylation sites (tertiary alicyclic amines) is 1. The molecular weight excluding hydrogens is 240 g/mol. The van der Waals surface area contributed by atoms with E-state index in [0.29, 0.717) is 32.4 Å². The Morgan fingerprint density at radius 3 is 3.00 bits per heavy atom. The molecule has 0 radical (unpaired) electrons. The van der Waals surface area contributed by atoms with Crippen LogP contribution in [0.3, 0.4) is 0 Å². The number of carbonyl (C=O) groups is 2. The van der Waals surface area contributed by atoms with E-state index in [1.807, 2.05) is 5.38 Å². The molecule has 2 rings (SSSR count). The maximum Gasteiger partial charge on any atom is 0.308 e. The van der Waals surface area contributed by atoms with Gasteiger partial charge >= 0.3 is 5.97 Å². The number of carbonyl (C=O) groups excluding carboxylic acids is 1. The van der Waals surface area contributed by atoms with E-state index < -0.39 is 5.97 Å². The van der Waals surface area contributed by atoms with Crippen LogP contribution in [-0.2, 0) is 16.0 Å². The first-order chi connectivity index (χ1) is 8.16. The molecule has 1 saturated heterocycles. The van der Waals surface area contributed by atoms with Crippen LogP contribution in [0.25, 0.3) is 0 Å². The monoisotopic (exact) mass is 254 g/mol. The number of carboxylic acids is 1. The van der Waals surface area contributed by atoms with Crippen LogP contribution < -0.4 is 0 Å². The van der Waals surface area contributed by atoms with E-state index in [9.17, 15) is 9.59 Å². The van der Waals surface area contributed by atoms with Crippen LogP contribution in [-0.4, -0.2) is 40.0 Å². The van der Waals surface area contributed by atoms with Gasteiger partial charge in [0.05, 0.1) is 10.9 Å². The molecule has 1 aliphatic rings. The SMILES string of the molecule is O=C(O)C1CCN(C(=O)CCc2nccs2)C1. The van der Waals surface area contributed by atoms with Gasteiger partial charge in [-0.2, -0.15) is 0 Å². The lowest BCUT2D eigenvalue weighted by Crippen LogP contribution is -2.30. The standard InChI is InChI=1S/C11H14N2O3S/c14-10(2-1-9-12-4-6-17-9)13-5-3-8(7-13)11(15)16/h4,6,8H,1-3,5,7H2,(H,15,16). The fourth-order valence-corrected chi connectivity index (χ4v) is 2.56. The average molecular weight is 254 g/mol. The number of hydrogen-bond acceptors (Lipinski definition) is 4. The van der Waals surface area contributed by atoms with Crippen molar-refractivity contribution in [1.82, 2.24) is 9.88 Å². The van der Waals surface area contributed by atoms with E-state index in [-0.39, 0.29) is 11.8 Å². The van der Waals surface area contributed by atoms with Crippen LogP contribution in [0.15, 0.2) is 11.6 Å². The largest absolute Gasteiger partial charge is 0.481 e. The number of thiazole rings is 1. The molecule has 0 aromatic carbocycles. The lowest BCUT2D eigenvalue weighted by atomic mass is 10.1. The molecule has 0 spiro atoms. The van der Waals surface area contributed by atoms with Crippen LogP contribution in [0.4, 0.5) is 0 Å². The molecule has 1 aromatic heterocycles. The van der Waals surface area contributed by atoms with Gasteiger partial charge in [-0.05, 0) is 6.42 Å². The smallest absolute Gasteiger partial charge is 0.308 e. The van der Waals surface area contributed by atoms with Gasteiger partial charge in [0.25, 0.3) is 0 Å². The maximum absolute atomic E-state index is 11.8. The van der Waals surface area contributed by atoms with Crippen molar-refractivity contribution < 1.29 is 14.7 Å². The molecule has 0 saturated carbocycles. The van der Waals surface area contributed by atoms with Crippen molar-refractivity contribution in [3.8, 4) is 0 Å². The van der Waals surface area contributed by atoms with Gasteiger partial charge < -0.3 is 10.0 Å². The summed E-state index contributed by atoms with van der Waals surface area (Å²) in [6.45, 7) is 0.916. The number of amides is 1. The van der Waals surface area contributed by atoms with Crippen molar-refractivity contribution in [2.45, 2.75) is 19.3 Å². The zero-order chi connectivity index (χ0) is 12.3. The van der Waals surface area contributed by atoms with Gasteiger partial charge in [0.1, 0.15) is 0 Å². The second kappa shape index (κ2) is 5.27. The molecule has 17 heavy (non-hydrogen) atoms. The molecule has 1 amide bonds. The van der Waals surface area contributed by atoms with E-state index in [1.54, 1.807) is 11.1 Å². The summed E-state index contributed by atoms with van der Waals surface area (Å²) in [6.07, 6.45) is 3.35. The molecule has 0 bridgehead atoms. The van der Waals surface area contributed by atoms with Crippen LogP contribution in [0, 0.1) is 5.92 Å². The summed E-state index contributed by atoms with van der Waals surface area (Å²) in [4.78, 5) is 28.3. The van der Waals surface area contributed by atoms with Crippen molar-refractivity contribution >= 4 is 23.2 Å². The highest BCUT2D eigenvalue weighted by molar-refractivity contribution is 7.09. The minimum Gasteiger partial charge on any atom is -0.481 e. The van der Waals surface area contributed by atoms with Gasteiger partial charge in [-0.1, -0.05) is 0 Å². The number of aryl methyl sites for hydroxylation is 1. The van der Waals surface area contributed by atoms with Crippen molar-refractivity contribution in [3.05, 3.63) is 16.6 Å². The predicted molar refractivity (Wildman–Crippen MR) is 62.8 cm³/mol. The number of aromatic nitrogens is 1. The van der Waals surface area contributed by atoms with Crippen LogP contribution in [0.1, 0.15) is 17.8 Å². The highest BCUT2D eigenvalue weighted by atomic mass is 32.1. The van der Waals surface area contributed by atoms with Gasteiger partial charge in [0.15, 0.2) is 0 Å². The molecule has 1 fully saturated rings. The number of rotatable bonds is 4. The Kier molecular flexibility index (Phi) is 3.73. The predicted octanol–water partition coefficient (Wildman–Crippen LogP) is 1.01. The van der Waals surface area contributed by atoms with Gasteiger partial charge in [-0.15, -0.1) is 11.3 Å². The van der Waals surface area contributed by atoms with Crippen molar-refractivity contribution in [1.29, 1.82) is 0 Å². The molecule has 1 unspecified atom stereocenters. The Morgan fingerprint density at radius 2 is 2.41 bits per heavy atom. The second-order valence-corrected chi connectivity index (χ2v) is 5.07. The Labute approximate surface area is 103 Å². The van der Waals surface area contributed by atoms with Crippen LogP contribution in [0.5, 0.6) is 0 Å². The van der Waals surface area contributed by atoms with E-state index in [0.717, 1.165) is 5.01 Å². The third-order valence-corrected chi connectivity index (χ3v) is 3.77.